The minimum atomic E-state index is 0.831. The Hall–Kier alpha value is 0.0600. The van der Waals surface area contributed by atoms with Gasteiger partial charge < -0.3 is 4.74 Å². The van der Waals surface area contributed by atoms with E-state index < -0.39 is 0 Å². The Balaban J connectivity index is 1.79. The molecule has 0 bridgehead atoms. The molecule has 0 unspecified atom stereocenters. The zero-order valence-corrected chi connectivity index (χ0v) is 10.2. The van der Waals surface area contributed by atoms with Crippen molar-refractivity contribution >= 4 is 27.3 Å². The summed E-state index contributed by atoms with van der Waals surface area (Å²) in [5, 5.41) is 6.49. The highest BCUT2D eigenvalue weighted by atomic mass is 79.9. The van der Waals surface area contributed by atoms with Crippen LogP contribution in [-0.2, 0) is 11.3 Å². The Morgan fingerprint density at radius 2 is 2.21 bits per heavy atom. The summed E-state index contributed by atoms with van der Waals surface area (Å²) in [6.45, 7) is 4.50. The molecule has 0 radical (unpaired) electrons. The second-order valence-electron chi connectivity index (χ2n) is 3.18. The molecule has 78 valence electrons. The van der Waals surface area contributed by atoms with E-state index in [1.165, 1.54) is 10.0 Å². The topological polar surface area (TPSA) is 24.5 Å². The Kier molecular flexibility index (Phi) is 3.95. The van der Waals surface area contributed by atoms with Crippen molar-refractivity contribution in [1.82, 2.24) is 10.4 Å². The lowest BCUT2D eigenvalue weighted by atomic mass is 10.3. The first kappa shape index (κ1) is 10.6. The van der Waals surface area contributed by atoms with Crippen LogP contribution >= 0.6 is 27.3 Å². The maximum atomic E-state index is 5.27. The fourth-order valence-corrected chi connectivity index (χ4v) is 2.80. The monoisotopic (exact) mass is 276 g/mol. The summed E-state index contributed by atoms with van der Waals surface area (Å²) in [6.07, 6.45) is 0. The predicted molar refractivity (Wildman–Crippen MR) is 61.3 cm³/mol. The van der Waals surface area contributed by atoms with Gasteiger partial charge >= 0.3 is 0 Å². The van der Waals surface area contributed by atoms with Gasteiger partial charge in [-0.3, -0.25) is 5.43 Å². The number of morpholine rings is 1. The average Bonchev–Trinajstić information content (AvgIpc) is 2.63. The molecule has 3 nitrogen and oxygen atoms in total. The lowest BCUT2D eigenvalue weighted by molar-refractivity contribution is 0.0105. The molecule has 1 saturated heterocycles. The molecular weight excluding hydrogens is 264 g/mol. The molecular formula is C9H13BrN2OS. The number of hydrazine groups is 1. The Morgan fingerprint density at radius 1 is 1.43 bits per heavy atom. The average molecular weight is 277 g/mol. The van der Waals surface area contributed by atoms with Crippen LogP contribution in [0.2, 0.25) is 0 Å². The molecule has 0 amide bonds. The summed E-state index contributed by atoms with van der Waals surface area (Å²) in [4.78, 5) is 0. The smallest absolute Gasteiger partial charge is 0.0608 e. The summed E-state index contributed by atoms with van der Waals surface area (Å²) in [6, 6.07) is 0. The van der Waals surface area contributed by atoms with Crippen LogP contribution in [0, 0.1) is 0 Å². The quantitative estimate of drug-likeness (QED) is 0.912. The molecule has 2 rings (SSSR count). The van der Waals surface area contributed by atoms with Gasteiger partial charge in [-0.05, 0) is 26.9 Å². The van der Waals surface area contributed by atoms with E-state index in [2.05, 4.69) is 37.1 Å². The number of halogens is 1. The van der Waals surface area contributed by atoms with E-state index in [0.717, 1.165) is 32.8 Å². The Morgan fingerprint density at radius 3 is 2.86 bits per heavy atom. The van der Waals surface area contributed by atoms with E-state index in [9.17, 15) is 0 Å². The summed E-state index contributed by atoms with van der Waals surface area (Å²) < 4.78 is 6.47. The molecule has 5 heteroatoms. The molecule has 0 saturated carbocycles. The van der Waals surface area contributed by atoms with Gasteiger partial charge in [0.05, 0.1) is 13.2 Å². The summed E-state index contributed by atoms with van der Waals surface area (Å²) >= 11 is 5.24. The molecule has 1 aromatic heterocycles. The molecule has 2 heterocycles. The first-order valence-electron chi connectivity index (χ1n) is 4.63. The fraction of sp³-hybridized carbons (Fsp3) is 0.556. The van der Waals surface area contributed by atoms with Gasteiger partial charge in [0, 0.05) is 29.5 Å². The zero-order chi connectivity index (χ0) is 9.80. The molecule has 0 atom stereocenters. The van der Waals surface area contributed by atoms with Crippen molar-refractivity contribution < 1.29 is 4.74 Å². The first-order valence-corrected chi connectivity index (χ1v) is 6.36. The zero-order valence-electron chi connectivity index (χ0n) is 7.83. The highest BCUT2D eigenvalue weighted by molar-refractivity contribution is 9.10. The summed E-state index contributed by atoms with van der Waals surface area (Å²) in [5.74, 6) is 0. The Labute approximate surface area is 96.2 Å². The SMILES string of the molecule is Brc1cscc1CNN1CCOCC1. The lowest BCUT2D eigenvalue weighted by Gasteiger charge is -2.27. The third kappa shape index (κ3) is 2.77. The summed E-state index contributed by atoms with van der Waals surface area (Å²) in [5.41, 5.74) is 4.72. The second-order valence-corrected chi connectivity index (χ2v) is 4.78. The Bertz CT molecular complexity index is 286. The van der Waals surface area contributed by atoms with Crippen LogP contribution < -0.4 is 5.43 Å². The van der Waals surface area contributed by atoms with Crippen molar-refractivity contribution in [2.75, 3.05) is 26.3 Å². The molecule has 1 aliphatic rings. The number of nitrogens with one attached hydrogen (secondary N) is 1. The van der Waals surface area contributed by atoms with Crippen molar-refractivity contribution in [3.05, 3.63) is 20.8 Å². The van der Waals surface area contributed by atoms with Crippen LogP contribution in [0.4, 0.5) is 0 Å². The van der Waals surface area contributed by atoms with Crippen molar-refractivity contribution in [3.63, 3.8) is 0 Å². The van der Waals surface area contributed by atoms with E-state index in [1.807, 2.05) is 0 Å². The van der Waals surface area contributed by atoms with Crippen LogP contribution in [0.1, 0.15) is 5.56 Å². The number of ether oxygens (including phenoxy) is 1. The van der Waals surface area contributed by atoms with Gasteiger partial charge in [-0.15, -0.1) is 0 Å². The van der Waals surface area contributed by atoms with Crippen molar-refractivity contribution in [1.29, 1.82) is 0 Å². The van der Waals surface area contributed by atoms with E-state index >= 15 is 0 Å². The van der Waals surface area contributed by atoms with Gasteiger partial charge in [0.2, 0.25) is 0 Å². The van der Waals surface area contributed by atoms with Gasteiger partial charge in [-0.2, -0.15) is 11.3 Å². The normalized spacial score (nSPS) is 18.6. The third-order valence-electron chi connectivity index (χ3n) is 2.19. The first-order chi connectivity index (χ1) is 6.86. The molecule has 1 N–H and O–H groups in total. The standard InChI is InChI=1S/C9H13BrN2OS/c10-9-7-14-6-8(9)5-11-12-1-3-13-4-2-12/h6-7,11H,1-5H2. The maximum Gasteiger partial charge on any atom is 0.0608 e. The minimum absolute atomic E-state index is 0.831. The van der Waals surface area contributed by atoms with E-state index in [0.29, 0.717) is 0 Å². The minimum Gasteiger partial charge on any atom is -0.379 e. The number of hydrogen-bond acceptors (Lipinski definition) is 4. The van der Waals surface area contributed by atoms with Crippen LogP contribution in [0.5, 0.6) is 0 Å². The van der Waals surface area contributed by atoms with Gasteiger partial charge in [0.25, 0.3) is 0 Å². The molecule has 1 aliphatic heterocycles. The highest BCUT2D eigenvalue weighted by Crippen LogP contribution is 2.20. The number of hydrogen-bond donors (Lipinski definition) is 1. The fourth-order valence-electron chi connectivity index (χ4n) is 1.35. The molecule has 1 aromatic rings. The van der Waals surface area contributed by atoms with Gasteiger partial charge in [0.1, 0.15) is 0 Å². The summed E-state index contributed by atoms with van der Waals surface area (Å²) in [7, 11) is 0. The second kappa shape index (κ2) is 5.23. The predicted octanol–water partition coefficient (Wildman–Crippen LogP) is 1.85. The van der Waals surface area contributed by atoms with Crippen LogP contribution in [-0.4, -0.2) is 31.3 Å². The van der Waals surface area contributed by atoms with Gasteiger partial charge in [-0.1, -0.05) is 0 Å². The van der Waals surface area contributed by atoms with E-state index in [4.69, 9.17) is 4.74 Å². The molecule has 0 spiro atoms. The van der Waals surface area contributed by atoms with Crippen molar-refractivity contribution in [2.24, 2.45) is 0 Å². The molecule has 1 fully saturated rings. The van der Waals surface area contributed by atoms with E-state index in [1.54, 1.807) is 11.3 Å². The third-order valence-corrected chi connectivity index (χ3v) is 4.03. The molecule has 0 aliphatic carbocycles. The van der Waals surface area contributed by atoms with Crippen LogP contribution in [0.3, 0.4) is 0 Å². The van der Waals surface area contributed by atoms with E-state index in [-0.39, 0.29) is 0 Å². The molecule has 14 heavy (non-hydrogen) atoms. The number of thiophene rings is 1. The maximum absolute atomic E-state index is 5.27. The lowest BCUT2D eigenvalue weighted by Crippen LogP contribution is -2.45. The number of rotatable bonds is 3. The van der Waals surface area contributed by atoms with Crippen molar-refractivity contribution in [2.45, 2.75) is 6.54 Å². The molecule has 0 aromatic carbocycles. The van der Waals surface area contributed by atoms with Gasteiger partial charge in [0.15, 0.2) is 0 Å². The van der Waals surface area contributed by atoms with Crippen molar-refractivity contribution in [3.8, 4) is 0 Å². The van der Waals surface area contributed by atoms with Gasteiger partial charge in [-0.25, -0.2) is 5.01 Å². The van der Waals surface area contributed by atoms with Crippen LogP contribution in [0.15, 0.2) is 15.2 Å². The largest absolute Gasteiger partial charge is 0.379 e. The number of nitrogens with zero attached hydrogens (tertiary/aromatic N) is 1. The highest BCUT2D eigenvalue weighted by Gasteiger charge is 2.10. The van der Waals surface area contributed by atoms with Crippen LogP contribution in [0.25, 0.3) is 0 Å².